The summed E-state index contributed by atoms with van der Waals surface area (Å²) in [5, 5.41) is 3.62. The number of imidazole rings is 1. The zero-order valence-electron chi connectivity index (χ0n) is 17.4. The van der Waals surface area contributed by atoms with Crippen LogP contribution < -0.4 is 15.0 Å². The smallest absolute Gasteiger partial charge is 0.167 e. The van der Waals surface area contributed by atoms with Gasteiger partial charge in [-0.15, -0.1) is 0 Å². The molecule has 7 rings (SSSR count). The van der Waals surface area contributed by atoms with Gasteiger partial charge in [0.2, 0.25) is 0 Å². The lowest BCUT2D eigenvalue weighted by Crippen LogP contribution is -2.61. The number of anilines is 1. The van der Waals surface area contributed by atoms with E-state index in [4.69, 9.17) is 14.7 Å². The van der Waals surface area contributed by atoms with Crippen LogP contribution in [0.1, 0.15) is 12.8 Å². The van der Waals surface area contributed by atoms with Gasteiger partial charge in [0.15, 0.2) is 5.65 Å². The normalized spacial score (nSPS) is 20.4. The molecular weight excluding hydrogens is 388 g/mol. The first kappa shape index (κ1) is 18.3. The maximum Gasteiger partial charge on any atom is 0.167 e. The maximum absolute atomic E-state index is 5.45. The highest BCUT2D eigenvalue weighted by atomic mass is 16.5. The second kappa shape index (κ2) is 7.35. The van der Waals surface area contributed by atoms with E-state index in [9.17, 15) is 0 Å². The Hall–Kier alpha value is -3.45. The van der Waals surface area contributed by atoms with Crippen LogP contribution in [0.5, 0.6) is 5.75 Å². The standard InChI is InChI=1S/C24H24N6O/c1-31-20-4-2-3-16(13-20)23-27-21-7-8-22(29-15-17-5-6-19(29)14-26-17)28-24(21)30(23)18-9-11-25-12-10-18/h2-4,7-13,17,19,26H,5-6,14-15H2,1H3/t17-,19-/m1/s1. The second-order valence-corrected chi connectivity index (χ2v) is 8.21. The number of aromatic nitrogens is 4. The van der Waals surface area contributed by atoms with Crippen molar-refractivity contribution in [2.45, 2.75) is 24.9 Å². The number of nitrogens with zero attached hydrogens (tertiary/aromatic N) is 5. The van der Waals surface area contributed by atoms with E-state index in [0.717, 1.165) is 52.9 Å². The number of ether oxygens (including phenoxy) is 1. The summed E-state index contributed by atoms with van der Waals surface area (Å²) in [6, 6.07) is 17.2. The van der Waals surface area contributed by atoms with Crippen LogP contribution >= 0.6 is 0 Å². The third kappa shape index (κ3) is 3.13. The van der Waals surface area contributed by atoms with Crippen molar-refractivity contribution in [1.29, 1.82) is 0 Å². The van der Waals surface area contributed by atoms with Crippen LogP contribution in [0.25, 0.3) is 28.2 Å². The Morgan fingerprint density at radius 3 is 2.68 bits per heavy atom. The molecular formula is C24H24N6O. The maximum atomic E-state index is 5.45. The van der Waals surface area contributed by atoms with Crippen molar-refractivity contribution < 1.29 is 4.74 Å². The molecule has 156 valence electrons. The number of fused-ring (bicyclic) bond motifs is 4. The lowest BCUT2D eigenvalue weighted by Gasteiger charge is -2.46. The predicted molar refractivity (Wildman–Crippen MR) is 121 cm³/mol. The van der Waals surface area contributed by atoms with E-state index in [1.807, 2.05) is 30.3 Å². The lowest BCUT2D eigenvalue weighted by atomic mass is 9.93. The van der Waals surface area contributed by atoms with Gasteiger partial charge in [0.05, 0.1) is 12.8 Å². The van der Waals surface area contributed by atoms with E-state index in [2.05, 4.69) is 38.0 Å². The number of hydrogen-bond acceptors (Lipinski definition) is 6. The summed E-state index contributed by atoms with van der Waals surface area (Å²) in [7, 11) is 1.68. The third-order valence-electron chi connectivity index (χ3n) is 6.38. The fraction of sp³-hybridized carbons (Fsp3) is 0.292. The van der Waals surface area contributed by atoms with E-state index in [-0.39, 0.29) is 0 Å². The topological polar surface area (TPSA) is 68.1 Å². The summed E-state index contributed by atoms with van der Waals surface area (Å²) in [6.07, 6.45) is 6.07. The largest absolute Gasteiger partial charge is 0.497 e. The molecule has 0 amide bonds. The molecule has 3 aliphatic rings. The summed E-state index contributed by atoms with van der Waals surface area (Å²) >= 11 is 0. The fourth-order valence-corrected chi connectivity index (χ4v) is 4.79. The molecule has 0 spiro atoms. The minimum absolute atomic E-state index is 0.505. The molecule has 1 N–H and O–H groups in total. The zero-order valence-corrected chi connectivity index (χ0v) is 17.4. The van der Waals surface area contributed by atoms with E-state index >= 15 is 0 Å². The summed E-state index contributed by atoms with van der Waals surface area (Å²) in [4.78, 5) is 16.7. The molecule has 1 aromatic carbocycles. The number of piperazine rings is 1. The summed E-state index contributed by atoms with van der Waals surface area (Å²) in [5.74, 6) is 2.67. The molecule has 0 unspecified atom stereocenters. The predicted octanol–water partition coefficient (Wildman–Crippen LogP) is 3.43. The number of hydrogen-bond donors (Lipinski definition) is 1. The fourth-order valence-electron chi connectivity index (χ4n) is 4.79. The Labute approximate surface area is 180 Å². The van der Waals surface area contributed by atoms with Gasteiger partial charge in [-0.25, -0.2) is 9.97 Å². The molecule has 0 radical (unpaired) electrons. The Bertz CT molecular complexity index is 1230. The van der Waals surface area contributed by atoms with Crippen LogP contribution in [-0.4, -0.2) is 51.8 Å². The van der Waals surface area contributed by atoms with Gasteiger partial charge in [-0.05, 0) is 49.2 Å². The van der Waals surface area contributed by atoms with Crippen molar-refractivity contribution in [1.82, 2.24) is 24.8 Å². The molecule has 3 aliphatic heterocycles. The van der Waals surface area contributed by atoms with Crippen molar-refractivity contribution >= 4 is 17.0 Å². The van der Waals surface area contributed by atoms with E-state index in [1.165, 1.54) is 12.8 Å². The minimum Gasteiger partial charge on any atom is -0.497 e. The molecule has 3 fully saturated rings. The van der Waals surface area contributed by atoms with Crippen LogP contribution in [0.2, 0.25) is 0 Å². The van der Waals surface area contributed by atoms with Crippen molar-refractivity contribution in [3.63, 3.8) is 0 Å². The molecule has 0 saturated carbocycles. The summed E-state index contributed by atoms with van der Waals surface area (Å²) in [5.41, 5.74) is 3.70. The van der Waals surface area contributed by atoms with Gasteiger partial charge in [-0.2, -0.15) is 0 Å². The lowest BCUT2D eigenvalue weighted by molar-refractivity contribution is 0.289. The van der Waals surface area contributed by atoms with Crippen LogP contribution in [-0.2, 0) is 0 Å². The SMILES string of the molecule is COc1cccc(-c2nc3ccc(N4C[C@H]5CC[C@@H]4CN5)nc3n2-c2ccncc2)c1. The monoisotopic (exact) mass is 412 g/mol. The van der Waals surface area contributed by atoms with E-state index in [1.54, 1.807) is 19.5 Å². The Balaban J connectivity index is 1.54. The van der Waals surface area contributed by atoms with Gasteiger partial charge < -0.3 is 15.0 Å². The van der Waals surface area contributed by atoms with Crippen molar-refractivity contribution in [2.24, 2.45) is 0 Å². The first-order valence-corrected chi connectivity index (χ1v) is 10.7. The highest BCUT2D eigenvalue weighted by Crippen LogP contribution is 2.32. The molecule has 3 aromatic heterocycles. The number of methoxy groups -OCH3 is 1. The highest BCUT2D eigenvalue weighted by Gasteiger charge is 2.34. The number of nitrogens with one attached hydrogen (secondary N) is 1. The molecule has 6 heterocycles. The molecule has 3 saturated heterocycles. The molecule has 31 heavy (non-hydrogen) atoms. The van der Waals surface area contributed by atoms with E-state index < -0.39 is 0 Å². The molecule has 0 aliphatic carbocycles. The average molecular weight is 412 g/mol. The third-order valence-corrected chi connectivity index (χ3v) is 6.38. The summed E-state index contributed by atoms with van der Waals surface area (Å²) < 4.78 is 7.57. The first-order chi connectivity index (χ1) is 15.3. The van der Waals surface area contributed by atoms with Crippen LogP contribution in [0, 0.1) is 0 Å². The molecule has 7 heteroatoms. The van der Waals surface area contributed by atoms with Crippen LogP contribution in [0.15, 0.2) is 60.9 Å². The Morgan fingerprint density at radius 1 is 1.03 bits per heavy atom. The first-order valence-electron chi connectivity index (χ1n) is 10.7. The van der Waals surface area contributed by atoms with Crippen molar-refractivity contribution in [3.05, 3.63) is 60.9 Å². The number of pyridine rings is 2. The minimum atomic E-state index is 0.505. The van der Waals surface area contributed by atoms with E-state index in [0.29, 0.717) is 12.1 Å². The number of benzene rings is 1. The Morgan fingerprint density at radius 2 is 1.94 bits per heavy atom. The van der Waals surface area contributed by atoms with Crippen LogP contribution in [0.4, 0.5) is 5.82 Å². The van der Waals surface area contributed by atoms with Gasteiger partial charge in [-0.1, -0.05) is 12.1 Å². The molecule has 2 atom stereocenters. The Kier molecular flexibility index (Phi) is 4.35. The van der Waals surface area contributed by atoms with Crippen LogP contribution in [0.3, 0.4) is 0 Å². The van der Waals surface area contributed by atoms with Gasteiger partial charge in [-0.3, -0.25) is 9.55 Å². The van der Waals surface area contributed by atoms with Gasteiger partial charge in [0.1, 0.15) is 22.9 Å². The number of rotatable bonds is 4. The van der Waals surface area contributed by atoms with Gasteiger partial charge in [0.25, 0.3) is 0 Å². The van der Waals surface area contributed by atoms with Crippen molar-refractivity contribution in [3.8, 4) is 22.8 Å². The molecule has 4 aromatic rings. The highest BCUT2D eigenvalue weighted by molar-refractivity contribution is 5.82. The number of piperidine rings is 2. The quantitative estimate of drug-likeness (QED) is 0.554. The van der Waals surface area contributed by atoms with Crippen molar-refractivity contribution in [2.75, 3.05) is 25.1 Å². The second-order valence-electron chi connectivity index (χ2n) is 8.21. The zero-order chi connectivity index (χ0) is 20.8. The summed E-state index contributed by atoms with van der Waals surface area (Å²) in [6.45, 7) is 2.04. The van der Waals surface area contributed by atoms with Gasteiger partial charge in [0, 0.05) is 43.1 Å². The molecule has 2 bridgehead atoms. The molecule has 7 nitrogen and oxygen atoms in total. The average Bonchev–Trinajstić information content (AvgIpc) is 3.24. The van der Waals surface area contributed by atoms with Gasteiger partial charge >= 0.3 is 0 Å².